The van der Waals surface area contributed by atoms with Crippen molar-refractivity contribution in [2.75, 3.05) is 13.1 Å². The van der Waals surface area contributed by atoms with E-state index in [2.05, 4.69) is 5.32 Å². The monoisotopic (exact) mass is 346 g/mol. The highest BCUT2D eigenvalue weighted by Crippen LogP contribution is 2.18. The fourth-order valence-electron chi connectivity index (χ4n) is 2.29. The molecular formula is C18H22N2O3S. The Bertz CT molecular complexity index is 772. The Labute approximate surface area is 143 Å². The molecule has 2 aromatic rings. The number of aryl methyl sites for hydroxylation is 1. The largest absolute Gasteiger partial charge is 0.355 e. The Hall–Kier alpha value is -2.18. The van der Waals surface area contributed by atoms with Crippen molar-refractivity contribution in [2.24, 2.45) is 0 Å². The van der Waals surface area contributed by atoms with Crippen LogP contribution in [0.3, 0.4) is 0 Å². The maximum absolute atomic E-state index is 12.9. The number of hydrogen-bond donors (Lipinski definition) is 1. The van der Waals surface area contributed by atoms with Gasteiger partial charge in [0.05, 0.1) is 11.4 Å². The third kappa shape index (κ3) is 4.66. The molecule has 0 fully saturated rings. The van der Waals surface area contributed by atoms with Crippen LogP contribution in [0.2, 0.25) is 0 Å². The number of carbonyl (C=O) groups excluding carboxylic acids is 1. The van der Waals surface area contributed by atoms with Crippen LogP contribution in [0.15, 0.2) is 59.5 Å². The fraction of sp³-hybridized carbons (Fsp3) is 0.278. The van der Waals surface area contributed by atoms with Gasteiger partial charge in [-0.2, -0.15) is 4.31 Å². The van der Waals surface area contributed by atoms with E-state index in [0.717, 1.165) is 11.1 Å². The summed E-state index contributed by atoms with van der Waals surface area (Å²) in [5, 5.41) is 2.65. The molecule has 0 spiro atoms. The second-order valence-corrected chi connectivity index (χ2v) is 7.46. The Kier molecular flexibility index (Phi) is 6.11. The molecule has 128 valence electrons. The van der Waals surface area contributed by atoms with E-state index in [9.17, 15) is 13.2 Å². The molecule has 0 bridgehead atoms. The van der Waals surface area contributed by atoms with E-state index >= 15 is 0 Å². The smallest absolute Gasteiger partial charge is 0.243 e. The molecule has 5 nitrogen and oxygen atoms in total. The molecule has 0 radical (unpaired) electrons. The van der Waals surface area contributed by atoms with Gasteiger partial charge in [-0.05, 0) is 31.5 Å². The first-order valence-corrected chi connectivity index (χ1v) is 9.25. The third-order valence-electron chi connectivity index (χ3n) is 3.55. The quantitative estimate of drug-likeness (QED) is 0.837. The van der Waals surface area contributed by atoms with Crippen molar-refractivity contribution in [1.82, 2.24) is 9.62 Å². The van der Waals surface area contributed by atoms with Crippen molar-refractivity contribution in [3.63, 3.8) is 0 Å². The molecule has 0 saturated carbocycles. The average molecular weight is 346 g/mol. The first-order chi connectivity index (χ1) is 11.4. The fourth-order valence-corrected chi connectivity index (χ4v) is 3.67. The van der Waals surface area contributed by atoms with Gasteiger partial charge in [-0.25, -0.2) is 8.42 Å². The first kappa shape index (κ1) is 18.2. The van der Waals surface area contributed by atoms with Crippen molar-refractivity contribution in [1.29, 1.82) is 0 Å². The SMILES string of the molecule is CCNC(=O)CN(Cc1ccccc1)S(=O)(=O)c1ccc(C)cc1. The summed E-state index contributed by atoms with van der Waals surface area (Å²) in [4.78, 5) is 12.1. The molecule has 0 atom stereocenters. The predicted molar refractivity (Wildman–Crippen MR) is 93.9 cm³/mol. The summed E-state index contributed by atoms with van der Waals surface area (Å²) in [6.07, 6.45) is 0. The van der Waals surface area contributed by atoms with E-state index < -0.39 is 10.0 Å². The van der Waals surface area contributed by atoms with E-state index in [1.807, 2.05) is 37.3 Å². The molecule has 0 aromatic heterocycles. The van der Waals surface area contributed by atoms with Gasteiger partial charge in [-0.15, -0.1) is 0 Å². The summed E-state index contributed by atoms with van der Waals surface area (Å²) in [5.74, 6) is -0.316. The zero-order valence-electron chi connectivity index (χ0n) is 13.9. The Morgan fingerprint density at radius 2 is 1.67 bits per heavy atom. The van der Waals surface area contributed by atoms with Gasteiger partial charge in [0.15, 0.2) is 0 Å². The van der Waals surface area contributed by atoms with E-state index in [1.54, 1.807) is 31.2 Å². The van der Waals surface area contributed by atoms with Crippen molar-refractivity contribution in [3.05, 3.63) is 65.7 Å². The average Bonchev–Trinajstić information content (AvgIpc) is 2.56. The zero-order chi connectivity index (χ0) is 17.6. The van der Waals surface area contributed by atoms with Gasteiger partial charge < -0.3 is 5.32 Å². The molecule has 2 rings (SSSR count). The van der Waals surface area contributed by atoms with Gasteiger partial charge in [0.2, 0.25) is 15.9 Å². The number of carbonyl (C=O) groups is 1. The maximum atomic E-state index is 12.9. The van der Waals surface area contributed by atoms with E-state index in [1.165, 1.54) is 4.31 Å². The van der Waals surface area contributed by atoms with Crippen LogP contribution < -0.4 is 5.32 Å². The Morgan fingerprint density at radius 3 is 2.25 bits per heavy atom. The number of nitrogens with zero attached hydrogens (tertiary/aromatic N) is 1. The van der Waals surface area contributed by atoms with Crippen LogP contribution >= 0.6 is 0 Å². The summed E-state index contributed by atoms with van der Waals surface area (Å²) >= 11 is 0. The number of amides is 1. The number of likely N-dealkylation sites (N-methyl/N-ethyl adjacent to an activating group) is 1. The minimum absolute atomic E-state index is 0.147. The van der Waals surface area contributed by atoms with E-state index in [0.29, 0.717) is 6.54 Å². The summed E-state index contributed by atoms with van der Waals surface area (Å²) < 4.78 is 27.1. The lowest BCUT2D eigenvalue weighted by Gasteiger charge is -2.22. The first-order valence-electron chi connectivity index (χ1n) is 7.81. The Balaban J connectivity index is 2.32. The van der Waals surface area contributed by atoms with Crippen LogP contribution in [0, 0.1) is 6.92 Å². The van der Waals surface area contributed by atoms with Gasteiger partial charge in [-0.3, -0.25) is 4.79 Å². The highest BCUT2D eigenvalue weighted by molar-refractivity contribution is 7.89. The van der Waals surface area contributed by atoms with Crippen LogP contribution in [0.25, 0.3) is 0 Å². The minimum Gasteiger partial charge on any atom is -0.355 e. The van der Waals surface area contributed by atoms with Crippen molar-refractivity contribution in [3.8, 4) is 0 Å². The van der Waals surface area contributed by atoms with E-state index in [-0.39, 0.29) is 23.9 Å². The Morgan fingerprint density at radius 1 is 1.04 bits per heavy atom. The molecule has 24 heavy (non-hydrogen) atoms. The van der Waals surface area contributed by atoms with Gasteiger partial charge in [0.1, 0.15) is 0 Å². The highest BCUT2D eigenvalue weighted by Gasteiger charge is 2.26. The molecular weight excluding hydrogens is 324 g/mol. The zero-order valence-corrected chi connectivity index (χ0v) is 14.7. The minimum atomic E-state index is -3.76. The normalized spacial score (nSPS) is 11.5. The summed E-state index contributed by atoms with van der Waals surface area (Å²) in [5.41, 5.74) is 1.81. The summed E-state index contributed by atoms with van der Waals surface area (Å²) in [7, 11) is -3.76. The second-order valence-electron chi connectivity index (χ2n) is 5.53. The summed E-state index contributed by atoms with van der Waals surface area (Å²) in [6, 6.07) is 15.9. The van der Waals surface area contributed by atoms with Crippen molar-refractivity contribution in [2.45, 2.75) is 25.3 Å². The number of sulfonamides is 1. The number of benzene rings is 2. The standard InChI is InChI=1S/C18H22N2O3S/c1-3-19-18(21)14-20(13-16-7-5-4-6-8-16)24(22,23)17-11-9-15(2)10-12-17/h4-12H,3,13-14H2,1-2H3,(H,19,21). The van der Waals surface area contributed by atoms with Gasteiger partial charge in [-0.1, -0.05) is 48.0 Å². The lowest BCUT2D eigenvalue weighted by atomic mass is 10.2. The molecule has 6 heteroatoms. The molecule has 0 unspecified atom stereocenters. The topological polar surface area (TPSA) is 66.5 Å². The van der Waals surface area contributed by atoms with Gasteiger partial charge in [0, 0.05) is 13.1 Å². The number of nitrogens with one attached hydrogen (secondary N) is 1. The van der Waals surface area contributed by atoms with E-state index in [4.69, 9.17) is 0 Å². The van der Waals surface area contributed by atoms with Crippen LogP contribution in [0.4, 0.5) is 0 Å². The molecule has 2 aromatic carbocycles. The number of rotatable bonds is 7. The molecule has 1 amide bonds. The maximum Gasteiger partial charge on any atom is 0.243 e. The molecule has 0 heterocycles. The summed E-state index contributed by atoms with van der Waals surface area (Å²) in [6.45, 7) is 4.09. The van der Waals surface area contributed by atoms with Gasteiger partial charge in [0.25, 0.3) is 0 Å². The lowest BCUT2D eigenvalue weighted by Crippen LogP contribution is -2.40. The molecule has 0 aliphatic carbocycles. The molecule has 0 aliphatic heterocycles. The number of hydrogen-bond acceptors (Lipinski definition) is 3. The molecule has 0 saturated heterocycles. The molecule has 0 aliphatic rings. The van der Waals surface area contributed by atoms with Gasteiger partial charge >= 0.3 is 0 Å². The van der Waals surface area contributed by atoms with Crippen molar-refractivity contribution >= 4 is 15.9 Å². The van der Waals surface area contributed by atoms with Crippen LogP contribution in [-0.2, 0) is 21.4 Å². The van der Waals surface area contributed by atoms with Crippen molar-refractivity contribution < 1.29 is 13.2 Å². The third-order valence-corrected chi connectivity index (χ3v) is 5.36. The van der Waals surface area contributed by atoms with Crippen LogP contribution in [-0.4, -0.2) is 31.7 Å². The predicted octanol–water partition coefficient (Wildman–Crippen LogP) is 2.32. The highest BCUT2D eigenvalue weighted by atomic mass is 32.2. The molecule has 1 N–H and O–H groups in total. The lowest BCUT2D eigenvalue weighted by molar-refractivity contribution is -0.121. The van der Waals surface area contributed by atoms with Crippen LogP contribution in [0.5, 0.6) is 0 Å². The van der Waals surface area contributed by atoms with Crippen LogP contribution in [0.1, 0.15) is 18.1 Å². The second kappa shape index (κ2) is 8.08.